The smallest absolute Gasteiger partial charge is 0.274 e. The van der Waals surface area contributed by atoms with Gasteiger partial charge in [0, 0.05) is 29.5 Å². The van der Waals surface area contributed by atoms with Crippen molar-refractivity contribution in [3.05, 3.63) is 82.8 Å². The van der Waals surface area contributed by atoms with Crippen LogP contribution in [-0.4, -0.2) is 44.4 Å². The molecule has 0 spiro atoms. The fourth-order valence-corrected chi connectivity index (χ4v) is 6.15. The molecule has 2 heterocycles. The van der Waals surface area contributed by atoms with Gasteiger partial charge in [0.2, 0.25) is 11.8 Å². The molecular weight excluding hydrogens is 554 g/mol. The second kappa shape index (κ2) is 12.5. The van der Waals surface area contributed by atoms with Gasteiger partial charge in [0.1, 0.15) is 6.04 Å². The largest absolute Gasteiger partial charge is 0.344 e. The number of hydrogen-bond acceptors (Lipinski definition) is 5. The Kier molecular flexibility index (Phi) is 8.34. The molecule has 0 bridgehead atoms. The van der Waals surface area contributed by atoms with E-state index in [-0.39, 0.29) is 29.3 Å². The normalized spacial score (nSPS) is 17.6. The van der Waals surface area contributed by atoms with Crippen LogP contribution in [0.15, 0.2) is 71.7 Å². The molecule has 10 heteroatoms. The van der Waals surface area contributed by atoms with E-state index < -0.39 is 6.04 Å². The van der Waals surface area contributed by atoms with Gasteiger partial charge in [0.25, 0.3) is 5.56 Å². The molecule has 1 saturated carbocycles. The number of carbonyl (C=O) groups is 2. The highest BCUT2D eigenvalue weighted by molar-refractivity contribution is 5.99. The fraction of sp³-hybridized carbons (Fsp3) is 0.353. The van der Waals surface area contributed by atoms with Crippen LogP contribution in [0, 0.1) is 11.8 Å². The van der Waals surface area contributed by atoms with E-state index in [1.807, 2.05) is 74.5 Å². The molecule has 10 nitrogen and oxygen atoms in total. The molecule has 1 aliphatic carbocycles. The molecule has 3 aromatic carbocycles. The Morgan fingerprint density at radius 2 is 1.73 bits per heavy atom. The first kappa shape index (κ1) is 29.4. The summed E-state index contributed by atoms with van der Waals surface area (Å²) in [6.07, 6.45) is 5.49. The average molecular weight is 594 g/mol. The fourth-order valence-electron chi connectivity index (χ4n) is 6.15. The monoisotopic (exact) mass is 593 g/mol. The molecule has 2 amide bonds. The van der Waals surface area contributed by atoms with Crippen molar-refractivity contribution >= 4 is 39.3 Å². The number of fused-ring (bicyclic) bond motifs is 2. The van der Waals surface area contributed by atoms with Gasteiger partial charge in [0.05, 0.1) is 22.6 Å². The van der Waals surface area contributed by atoms with Gasteiger partial charge >= 0.3 is 0 Å². The van der Waals surface area contributed by atoms with Crippen molar-refractivity contribution in [3.63, 3.8) is 0 Å². The molecule has 6 rings (SSSR count). The van der Waals surface area contributed by atoms with Gasteiger partial charge in [-0.2, -0.15) is 5.10 Å². The van der Waals surface area contributed by atoms with Gasteiger partial charge < -0.3 is 16.4 Å². The lowest BCUT2D eigenvalue weighted by Gasteiger charge is -2.28. The van der Waals surface area contributed by atoms with Crippen molar-refractivity contribution in [2.45, 2.75) is 58.0 Å². The van der Waals surface area contributed by atoms with Crippen LogP contribution in [0.1, 0.15) is 51.1 Å². The van der Waals surface area contributed by atoms with Crippen LogP contribution in [0.3, 0.4) is 0 Å². The molecule has 2 aromatic heterocycles. The molecule has 1 atom stereocenters. The van der Waals surface area contributed by atoms with Crippen molar-refractivity contribution in [1.29, 1.82) is 0 Å². The molecule has 1 aliphatic rings. The van der Waals surface area contributed by atoms with Crippen molar-refractivity contribution < 1.29 is 9.59 Å². The molecule has 44 heavy (non-hydrogen) atoms. The summed E-state index contributed by atoms with van der Waals surface area (Å²) in [6.45, 7) is 4.58. The average Bonchev–Trinajstić information content (AvgIpc) is 3.64. The number of amides is 2. The number of anilines is 1. The Morgan fingerprint density at radius 3 is 2.45 bits per heavy atom. The first-order valence-electron chi connectivity index (χ1n) is 15.4. The van der Waals surface area contributed by atoms with Crippen molar-refractivity contribution in [2.24, 2.45) is 17.6 Å². The molecule has 5 aromatic rings. The minimum absolute atomic E-state index is 0.0276. The highest BCUT2D eigenvalue weighted by Gasteiger charge is 2.29. The molecule has 0 saturated heterocycles. The number of aromatic amines is 2. The quantitative estimate of drug-likeness (QED) is 0.165. The highest BCUT2D eigenvalue weighted by Crippen LogP contribution is 2.29. The summed E-state index contributed by atoms with van der Waals surface area (Å²) in [5.74, 6) is -0.0215. The van der Waals surface area contributed by atoms with Crippen LogP contribution in [0.25, 0.3) is 32.9 Å². The van der Waals surface area contributed by atoms with E-state index in [1.54, 1.807) is 10.9 Å². The molecule has 228 valence electrons. The zero-order valence-electron chi connectivity index (χ0n) is 25.1. The molecule has 1 unspecified atom stereocenters. The number of H-pyrrole nitrogens is 2. The summed E-state index contributed by atoms with van der Waals surface area (Å²) in [7, 11) is 0. The van der Waals surface area contributed by atoms with Gasteiger partial charge in [-0.3, -0.25) is 24.6 Å². The van der Waals surface area contributed by atoms with E-state index in [2.05, 4.69) is 25.9 Å². The van der Waals surface area contributed by atoms with E-state index in [0.717, 1.165) is 58.8 Å². The van der Waals surface area contributed by atoms with Gasteiger partial charge in [-0.25, -0.2) is 4.68 Å². The summed E-state index contributed by atoms with van der Waals surface area (Å²) in [5, 5.41) is 17.8. The molecular formula is C34H39N7O3. The molecule has 6 N–H and O–H groups in total. The summed E-state index contributed by atoms with van der Waals surface area (Å²) < 4.78 is 1.63. The van der Waals surface area contributed by atoms with E-state index in [1.165, 1.54) is 0 Å². The first-order valence-corrected chi connectivity index (χ1v) is 15.4. The van der Waals surface area contributed by atoms with Gasteiger partial charge in [-0.1, -0.05) is 30.3 Å². The summed E-state index contributed by atoms with van der Waals surface area (Å²) in [5.41, 5.74) is 10.9. The standard InChI is InChI=1S/C34H39N7O3/c1-20(2)41-34(44)28-14-12-25(16-30(28)40-41)23-7-3-21(4-8-23)15-31(38-32(42)24-9-5-22(18-35)6-10-24)33(43)37-27-13-11-26-19-36-39-29(26)17-27/h3-4,7-8,11-14,16-17,19-20,22,24,31,40H,5-6,9-10,15,18,35H2,1-2H3,(H,36,39)(H,37,43)(H,38,42). The first-order chi connectivity index (χ1) is 21.3. The Morgan fingerprint density at radius 1 is 0.977 bits per heavy atom. The van der Waals surface area contributed by atoms with Crippen LogP contribution in [0.4, 0.5) is 5.69 Å². The Hall–Kier alpha value is -4.70. The minimum atomic E-state index is -0.754. The maximum Gasteiger partial charge on any atom is 0.274 e. The van der Waals surface area contributed by atoms with Crippen LogP contribution >= 0.6 is 0 Å². The predicted molar refractivity (Wildman–Crippen MR) is 173 cm³/mol. The van der Waals surface area contributed by atoms with Gasteiger partial charge in [-0.15, -0.1) is 0 Å². The number of hydrogen-bond donors (Lipinski definition) is 5. The number of rotatable bonds is 9. The molecule has 0 radical (unpaired) electrons. The second-order valence-corrected chi connectivity index (χ2v) is 12.2. The van der Waals surface area contributed by atoms with E-state index in [0.29, 0.717) is 30.0 Å². The number of nitrogens with two attached hydrogens (primary N) is 1. The number of carbonyl (C=O) groups excluding carboxylic acids is 2. The lowest BCUT2D eigenvalue weighted by Crippen LogP contribution is -2.48. The number of aromatic nitrogens is 4. The van der Waals surface area contributed by atoms with Crippen LogP contribution in [0.5, 0.6) is 0 Å². The third-order valence-corrected chi connectivity index (χ3v) is 8.85. The number of benzene rings is 3. The van der Waals surface area contributed by atoms with Crippen LogP contribution < -0.4 is 21.9 Å². The van der Waals surface area contributed by atoms with Crippen molar-refractivity contribution in [2.75, 3.05) is 11.9 Å². The van der Waals surface area contributed by atoms with E-state index in [9.17, 15) is 14.4 Å². The SMILES string of the molecule is CC(C)n1[nH]c2cc(-c3ccc(CC(NC(=O)C4CCC(CN)CC4)C(=O)Nc4ccc5cn[nH]c5c4)cc3)ccc2c1=O. The van der Waals surface area contributed by atoms with Crippen LogP contribution in [-0.2, 0) is 16.0 Å². The lowest BCUT2D eigenvalue weighted by atomic mass is 9.81. The Labute approximate surface area is 255 Å². The Bertz CT molecular complexity index is 1840. The van der Waals surface area contributed by atoms with Crippen molar-refractivity contribution in [3.8, 4) is 11.1 Å². The highest BCUT2D eigenvalue weighted by atomic mass is 16.2. The van der Waals surface area contributed by atoms with E-state index >= 15 is 0 Å². The summed E-state index contributed by atoms with van der Waals surface area (Å²) in [6, 6.07) is 18.6. The number of nitrogens with one attached hydrogen (secondary N) is 4. The third kappa shape index (κ3) is 6.16. The third-order valence-electron chi connectivity index (χ3n) is 8.85. The molecule has 0 aliphatic heterocycles. The maximum absolute atomic E-state index is 13.6. The Balaban J connectivity index is 1.20. The zero-order chi connectivity index (χ0) is 30.8. The van der Waals surface area contributed by atoms with Crippen molar-refractivity contribution in [1.82, 2.24) is 25.3 Å². The lowest BCUT2D eigenvalue weighted by molar-refractivity contribution is -0.130. The summed E-state index contributed by atoms with van der Waals surface area (Å²) >= 11 is 0. The maximum atomic E-state index is 13.6. The van der Waals surface area contributed by atoms with Gasteiger partial charge in [0.15, 0.2) is 0 Å². The van der Waals surface area contributed by atoms with Gasteiger partial charge in [-0.05, 0) is 99.0 Å². The van der Waals surface area contributed by atoms with E-state index in [4.69, 9.17) is 5.73 Å². The van der Waals surface area contributed by atoms with Crippen LogP contribution in [0.2, 0.25) is 0 Å². The minimum Gasteiger partial charge on any atom is -0.344 e. The summed E-state index contributed by atoms with van der Waals surface area (Å²) in [4.78, 5) is 39.6. The second-order valence-electron chi connectivity index (χ2n) is 12.2. The zero-order valence-corrected chi connectivity index (χ0v) is 25.1. The molecule has 1 fully saturated rings. The number of nitrogens with zero attached hydrogens (tertiary/aromatic N) is 2. The topological polar surface area (TPSA) is 151 Å². The predicted octanol–water partition coefficient (Wildman–Crippen LogP) is 4.88.